The number of β-lactam (4-membered cyclic amide) rings is 1. The second kappa shape index (κ2) is 6.33. The number of carboxylic acids is 1. The molecule has 1 aromatic carbocycles. The van der Waals surface area contributed by atoms with E-state index in [2.05, 4.69) is 10.6 Å². The van der Waals surface area contributed by atoms with Crippen LogP contribution in [0.4, 0.5) is 5.69 Å². The predicted octanol–water partition coefficient (Wildman–Crippen LogP) is 0.467. The van der Waals surface area contributed by atoms with Crippen LogP contribution in [-0.4, -0.2) is 51.5 Å². The number of benzene rings is 1. The van der Waals surface area contributed by atoms with Gasteiger partial charge in [0, 0.05) is 11.4 Å². The van der Waals surface area contributed by atoms with Crippen molar-refractivity contribution < 1.29 is 19.5 Å². The molecular weight excluding hydrogens is 318 g/mol. The van der Waals surface area contributed by atoms with E-state index in [1.807, 2.05) is 30.3 Å². The number of para-hydroxylation sites is 1. The molecule has 0 bridgehead atoms. The summed E-state index contributed by atoms with van der Waals surface area (Å²) in [5.74, 6) is -1.31. The van der Waals surface area contributed by atoms with Gasteiger partial charge < -0.3 is 15.7 Å². The number of carboxylic acid groups (broad SMARTS) is 1. The van der Waals surface area contributed by atoms with E-state index < -0.39 is 12.0 Å². The molecule has 7 nitrogen and oxygen atoms in total. The molecule has 0 aromatic heterocycles. The van der Waals surface area contributed by atoms with E-state index in [1.165, 1.54) is 22.7 Å². The maximum Gasteiger partial charge on any atom is 0.352 e. The first-order valence-electron chi connectivity index (χ1n) is 7.04. The van der Waals surface area contributed by atoms with Gasteiger partial charge >= 0.3 is 5.97 Å². The zero-order valence-corrected chi connectivity index (χ0v) is 12.9. The second-order valence-corrected chi connectivity index (χ2v) is 6.24. The number of carbonyl (C=O) groups is 3. The van der Waals surface area contributed by atoms with Crippen molar-refractivity contribution in [1.82, 2.24) is 10.2 Å². The summed E-state index contributed by atoms with van der Waals surface area (Å²) >= 11 is 1.43. The van der Waals surface area contributed by atoms with Crippen molar-refractivity contribution in [2.45, 2.75) is 11.4 Å². The van der Waals surface area contributed by atoms with Crippen LogP contribution in [0.15, 0.2) is 42.1 Å². The smallest absolute Gasteiger partial charge is 0.352 e. The van der Waals surface area contributed by atoms with Crippen LogP contribution in [0.1, 0.15) is 0 Å². The van der Waals surface area contributed by atoms with E-state index in [0.29, 0.717) is 5.75 Å². The molecule has 2 atom stereocenters. The number of anilines is 1. The number of aliphatic carboxylic acids is 1. The topological polar surface area (TPSA) is 98.7 Å². The molecule has 2 aliphatic heterocycles. The van der Waals surface area contributed by atoms with E-state index in [0.717, 1.165) is 5.69 Å². The number of hydrogen-bond donors (Lipinski definition) is 3. The number of fused-ring (bicyclic) bond motifs is 1. The quantitative estimate of drug-likeness (QED) is 0.678. The summed E-state index contributed by atoms with van der Waals surface area (Å²) in [4.78, 5) is 36.4. The van der Waals surface area contributed by atoms with E-state index in [1.54, 1.807) is 0 Å². The highest BCUT2D eigenvalue weighted by Crippen LogP contribution is 2.37. The zero-order chi connectivity index (χ0) is 16.4. The Kier molecular flexibility index (Phi) is 4.24. The fraction of sp³-hybridized carbons (Fsp3) is 0.267. The van der Waals surface area contributed by atoms with E-state index in [4.69, 9.17) is 5.11 Å². The van der Waals surface area contributed by atoms with Crippen molar-refractivity contribution in [3.8, 4) is 0 Å². The molecule has 23 heavy (non-hydrogen) atoms. The number of hydrogen-bond acceptors (Lipinski definition) is 5. The average Bonchev–Trinajstić information content (AvgIpc) is 2.57. The van der Waals surface area contributed by atoms with Crippen LogP contribution in [0.3, 0.4) is 0 Å². The Labute approximate surface area is 136 Å². The van der Waals surface area contributed by atoms with Crippen LogP contribution in [-0.2, 0) is 14.4 Å². The molecule has 3 N–H and O–H groups in total. The molecule has 1 fully saturated rings. The molecular formula is C15H15N3O4S. The number of thioether (sulfide) groups is 1. The first-order chi connectivity index (χ1) is 11.1. The van der Waals surface area contributed by atoms with E-state index >= 15 is 0 Å². The largest absolute Gasteiger partial charge is 0.477 e. The number of nitrogens with one attached hydrogen (secondary N) is 2. The lowest BCUT2D eigenvalue weighted by molar-refractivity contribution is -0.150. The molecule has 0 aliphatic carbocycles. The maximum absolute atomic E-state index is 12.1. The lowest BCUT2D eigenvalue weighted by Crippen LogP contribution is -2.70. The van der Waals surface area contributed by atoms with Crippen LogP contribution in [0.2, 0.25) is 0 Å². The molecule has 1 unspecified atom stereocenters. The molecule has 2 heterocycles. The minimum Gasteiger partial charge on any atom is -0.477 e. The minimum absolute atomic E-state index is 0.00772. The predicted molar refractivity (Wildman–Crippen MR) is 85.7 cm³/mol. The Morgan fingerprint density at radius 1 is 1.30 bits per heavy atom. The highest BCUT2D eigenvalue weighted by Gasteiger charge is 2.52. The Balaban J connectivity index is 1.55. The summed E-state index contributed by atoms with van der Waals surface area (Å²) in [6.07, 6.45) is 1.51. The molecule has 1 saturated heterocycles. The van der Waals surface area contributed by atoms with Gasteiger partial charge in [-0.1, -0.05) is 18.2 Å². The molecule has 0 saturated carbocycles. The monoisotopic (exact) mass is 333 g/mol. The summed E-state index contributed by atoms with van der Waals surface area (Å²) in [6, 6.07) is 8.58. The van der Waals surface area contributed by atoms with Crippen LogP contribution >= 0.6 is 11.8 Å². The second-order valence-electron chi connectivity index (χ2n) is 5.09. The molecule has 2 aliphatic rings. The number of amides is 2. The fourth-order valence-corrected chi connectivity index (χ4v) is 3.70. The SMILES string of the molecule is O=C(CNc1ccccc1)NC1C(=O)N2C(C(=O)O)=CCS[C@H]12. The Hall–Kier alpha value is -2.48. The third-order valence-electron chi connectivity index (χ3n) is 3.61. The van der Waals surface area contributed by atoms with Gasteiger partial charge in [-0.2, -0.15) is 0 Å². The molecule has 120 valence electrons. The zero-order valence-electron chi connectivity index (χ0n) is 12.1. The van der Waals surface area contributed by atoms with E-state index in [-0.39, 0.29) is 29.4 Å². The Morgan fingerprint density at radius 3 is 2.74 bits per heavy atom. The fourth-order valence-electron chi connectivity index (χ4n) is 2.50. The van der Waals surface area contributed by atoms with Gasteiger partial charge in [-0.05, 0) is 18.2 Å². The normalized spacial score (nSPS) is 22.5. The van der Waals surface area contributed by atoms with Gasteiger partial charge in [0.2, 0.25) is 5.91 Å². The summed E-state index contributed by atoms with van der Waals surface area (Å²) in [5.41, 5.74) is 0.805. The van der Waals surface area contributed by atoms with Gasteiger partial charge in [-0.15, -0.1) is 11.8 Å². The molecule has 1 aromatic rings. The van der Waals surface area contributed by atoms with E-state index in [9.17, 15) is 14.4 Å². The minimum atomic E-state index is -1.13. The molecule has 8 heteroatoms. The van der Waals surface area contributed by atoms with Gasteiger partial charge in [-0.3, -0.25) is 14.5 Å². The molecule has 3 rings (SSSR count). The van der Waals surface area contributed by atoms with Crippen molar-refractivity contribution in [3.63, 3.8) is 0 Å². The summed E-state index contributed by atoms with van der Waals surface area (Å²) < 4.78 is 0. The standard InChI is InChI=1S/C15H15N3O4S/c19-11(8-16-9-4-2-1-3-5-9)17-12-13(20)18-10(15(21)22)6-7-23-14(12)18/h1-6,12,14,16H,7-8H2,(H,17,19)(H,21,22)/t12?,14-/m1/s1. The highest BCUT2D eigenvalue weighted by molar-refractivity contribution is 8.00. The Morgan fingerprint density at radius 2 is 2.04 bits per heavy atom. The summed E-state index contributed by atoms with van der Waals surface area (Å²) in [6.45, 7) is 0.0484. The van der Waals surface area contributed by atoms with Crippen LogP contribution in [0.25, 0.3) is 0 Å². The maximum atomic E-state index is 12.1. The van der Waals surface area contributed by atoms with Gasteiger partial charge in [0.05, 0.1) is 6.54 Å². The van der Waals surface area contributed by atoms with Crippen LogP contribution < -0.4 is 10.6 Å². The molecule has 0 radical (unpaired) electrons. The third kappa shape index (κ3) is 3.02. The first kappa shape index (κ1) is 15.4. The van der Waals surface area contributed by atoms with Gasteiger partial charge in [-0.25, -0.2) is 4.79 Å². The third-order valence-corrected chi connectivity index (χ3v) is 4.79. The van der Waals surface area contributed by atoms with Gasteiger partial charge in [0.25, 0.3) is 5.91 Å². The highest BCUT2D eigenvalue weighted by atomic mass is 32.2. The molecule has 0 spiro atoms. The lowest BCUT2D eigenvalue weighted by Gasteiger charge is -2.48. The van der Waals surface area contributed by atoms with Crippen molar-refractivity contribution in [2.75, 3.05) is 17.6 Å². The average molecular weight is 333 g/mol. The van der Waals surface area contributed by atoms with Gasteiger partial charge in [0.15, 0.2) is 0 Å². The summed E-state index contributed by atoms with van der Waals surface area (Å²) in [7, 11) is 0. The van der Waals surface area contributed by atoms with Crippen LogP contribution in [0, 0.1) is 0 Å². The number of rotatable bonds is 5. The van der Waals surface area contributed by atoms with Gasteiger partial charge in [0.1, 0.15) is 17.1 Å². The number of nitrogens with zero attached hydrogens (tertiary/aromatic N) is 1. The van der Waals surface area contributed by atoms with Crippen LogP contribution in [0.5, 0.6) is 0 Å². The summed E-state index contributed by atoms with van der Waals surface area (Å²) in [5, 5.41) is 14.4. The first-order valence-corrected chi connectivity index (χ1v) is 8.09. The number of carbonyl (C=O) groups excluding carboxylic acids is 2. The molecule has 2 amide bonds. The van der Waals surface area contributed by atoms with Crippen molar-refractivity contribution in [3.05, 3.63) is 42.1 Å². The van der Waals surface area contributed by atoms with Crippen molar-refractivity contribution in [1.29, 1.82) is 0 Å². The lowest BCUT2D eigenvalue weighted by atomic mass is 10.1. The van der Waals surface area contributed by atoms with Crippen molar-refractivity contribution in [2.24, 2.45) is 0 Å². The Bertz CT molecular complexity index is 677. The van der Waals surface area contributed by atoms with Crippen molar-refractivity contribution >= 4 is 35.2 Å².